The van der Waals surface area contributed by atoms with E-state index in [1.807, 2.05) is 42.5 Å². The summed E-state index contributed by atoms with van der Waals surface area (Å²) in [5.41, 5.74) is 2.55. The third-order valence-corrected chi connectivity index (χ3v) is 3.43. The van der Waals surface area contributed by atoms with E-state index in [2.05, 4.69) is 4.99 Å². The van der Waals surface area contributed by atoms with Crippen molar-refractivity contribution in [1.82, 2.24) is 0 Å². The summed E-state index contributed by atoms with van der Waals surface area (Å²) in [4.78, 5) is 4.37. The lowest BCUT2D eigenvalue weighted by Crippen LogP contribution is -2.18. The highest BCUT2D eigenvalue weighted by Gasteiger charge is 2.22. The first-order chi connectivity index (χ1) is 9.75. The third kappa shape index (κ3) is 2.36. The summed E-state index contributed by atoms with van der Waals surface area (Å²) in [6.45, 7) is 0. The molecule has 2 unspecified atom stereocenters. The van der Waals surface area contributed by atoms with Crippen LogP contribution in [0, 0.1) is 0 Å². The minimum Gasteiger partial charge on any atom is -0.507 e. The molecule has 0 fully saturated rings. The predicted octanol–water partition coefficient (Wildman–Crippen LogP) is 2.94. The zero-order chi connectivity index (χ0) is 13.9. The predicted molar refractivity (Wildman–Crippen MR) is 79.9 cm³/mol. The number of hydrogen-bond donors (Lipinski definition) is 2. The number of nitrogens with zero attached hydrogens (tertiary/aromatic N) is 1. The van der Waals surface area contributed by atoms with Gasteiger partial charge in [0.25, 0.3) is 0 Å². The average molecular weight is 265 g/mol. The van der Waals surface area contributed by atoms with Gasteiger partial charge in [-0.1, -0.05) is 48.6 Å². The molecular weight excluding hydrogens is 250 g/mol. The van der Waals surface area contributed by atoms with E-state index >= 15 is 0 Å². The lowest BCUT2D eigenvalue weighted by atomic mass is 9.92. The van der Waals surface area contributed by atoms with Crippen LogP contribution in [0.1, 0.15) is 22.8 Å². The molecule has 0 bridgehead atoms. The normalized spacial score (nSPS) is 21.1. The van der Waals surface area contributed by atoms with Crippen molar-refractivity contribution in [2.75, 3.05) is 0 Å². The minimum absolute atomic E-state index is 0.186. The fraction of sp³-hybridized carbons (Fsp3) is 0.118. The summed E-state index contributed by atoms with van der Waals surface area (Å²) in [5.74, 6) is 0.186. The van der Waals surface area contributed by atoms with E-state index in [1.54, 1.807) is 24.4 Å². The van der Waals surface area contributed by atoms with E-state index in [9.17, 15) is 10.2 Å². The SMILES string of the molecule is Oc1ccccc1C=NC1C=Cc2ccccc2C1O. The Morgan fingerprint density at radius 1 is 1.00 bits per heavy atom. The highest BCUT2D eigenvalue weighted by atomic mass is 16.3. The van der Waals surface area contributed by atoms with Crippen LogP contribution in [0.4, 0.5) is 0 Å². The topological polar surface area (TPSA) is 52.8 Å². The van der Waals surface area contributed by atoms with Gasteiger partial charge in [-0.15, -0.1) is 0 Å². The monoisotopic (exact) mass is 265 g/mol. The lowest BCUT2D eigenvalue weighted by Gasteiger charge is -2.22. The van der Waals surface area contributed by atoms with E-state index in [4.69, 9.17) is 0 Å². The van der Waals surface area contributed by atoms with Crippen molar-refractivity contribution in [2.24, 2.45) is 4.99 Å². The van der Waals surface area contributed by atoms with Gasteiger partial charge in [0.15, 0.2) is 0 Å². The molecule has 0 spiro atoms. The Balaban J connectivity index is 1.85. The molecule has 1 aliphatic rings. The number of aromatic hydroxyl groups is 1. The van der Waals surface area contributed by atoms with Crippen LogP contribution in [0.15, 0.2) is 59.6 Å². The largest absolute Gasteiger partial charge is 0.507 e. The van der Waals surface area contributed by atoms with Gasteiger partial charge in [0.2, 0.25) is 0 Å². The molecule has 0 saturated carbocycles. The molecule has 20 heavy (non-hydrogen) atoms. The van der Waals surface area contributed by atoms with Gasteiger partial charge in [-0.3, -0.25) is 4.99 Å². The molecule has 2 aromatic carbocycles. The van der Waals surface area contributed by atoms with Crippen molar-refractivity contribution in [1.29, 1.82) is 0 Å². The van der Waals surface area contributed by atoms with E-state index in [0.29, 0.717) is 5.56 Å². The summed E-state index contributed by atoms with van der Waals surface area (Å²) in [5, 5.41) is 20.0. The van der Waals surface area contributed by atoms with Gasteiger partial charge in [0, 0.05) is 11.8 Å². The Labute approximate surface area is 117 Å². The van der Waals surface area contributed by atoms with E-state index in [1.165, 1.54) is 0 Å². The number of aliphatic hydroxyl groups is 1. The van der Waals surface area contributed by atoms with Crippen LogP contribution in [0.2, 0.25) is 0 Å². The Kier molecular flexibility index (Phi) is 3.35. The molecule has 2 atom stereocenters. The zero-order valence-corrected chi connectivity index (χ0v) is 10.8. The van der Waals surface area contributed by atoms with Gasteiger partial charge < -0.3 is 10.2 Å². The molecule has 0 amide bonds. The van der Waals surface area contributed by atoms with Crippen LogP contribution in [-0.4, -0.2) is 22.5 Å². The quantitative estimate of drug-likeness (QED) is 0.820. The maximum absolute atomic E-state index is 10.3. The van der Waals surface area contributed by atoms with E-state index in [0.717, 1.165) is 11.1 Å². The van der Waals surface area contributed by atoms with Crippen molar-refractivity contribution < 1.29 is 10.2 Å². The van der Waals surface area contributed by atoms with Gasteiger partial charge >= 0.3 is 0 Å². The third-order valence-electron chi connectivity index (χ3n) is 3.43. The maximum Gasteiger partial charge on any atom is 0.124 e. The second-order valence-electron chi connectivity index (χ2n) is 4.76. The molecule has 2 aromatic rings. The molecule has 0 aliphatic heterocycles. The van der Waals surface area contributed by atoms with Crippen molar-refractivity contribution in [3.05, 3.63) is 71.3 Å². The molecule has 1 aliphatic carbocycles. The Hall–Kier alpha value is -2.39. The maximum atomic E-state index is 10.3. The van der Waals surface area contributed by atoms with Crippen LogP contribution < -0.4 is 0 Å². The van der Waals surface area contributed by atoms with Gasteiger partial charge in [0.1, 0.15) is 11.9 Å². The summed E-state index contributed by atoms with van der Waals surface area (Å²) in [7, 11) is 0. The molecule has 0 saturated heterocycles. The number of para-hydroxylation sites is 1. The number of fused-ring (bicyclic) bond motifs is 1. The summed E-state index contributed by atoms with van der Waals surface area (Å²) < 4.78 is 0. The number of aliphatic imine (C=N–C) groups is 1. The van der Waals surface area contributed by atoms with Crippen LogP contribution >= 0.6 is 0 Å². The molecule has 0 aromatic heterocycles. The highest BCUT2D eigenvalue weighted by molar-refractivity contribution is 5.83. The lowest BCUT2D eigenvalue weighted by molar-refractivity contribution is 0.163. The zero-order valence-electron chi connectivity index (χ0n) is 10.8. The summed E-state index contributed by atoms with van der Waals surface area (Å²) in [6, 6.07) is 14.4. The second-order valence-corrected chi connectivity index (χ2v) is 4.76. The highest BCUT2D eigenvalue weighted by Crippen LogP contribution is 2.29. The van der Waals surface area contributed by atoms with Crippen molar-refractivity contribution in [2.45, 2.75) is 12.1 Å². The number of aliphatic hydroxyl groups excluding tert-OH is 1. The van der Waals surface area contributed by atoms with Crippen molar-refractivity contribution in [3.63, 3.8) is 0 Å². The van der Waals surface area contributed by atoms with Gasteiger partial charge in [-0.05, 0) is 23.3 Å². The standard InChI is InChI=1S/C17H15NO2/c19-16-8-4-2-6-13(16)11-18-15-10-9-12-5-1-3-7-14(12)17(15)20/h1-11,15,17,19-20H. The van der Waals surface area contributed by atoms with Gasteiger partial charge in [-0.2, -0.15) is 0 Å². The Bertz CT molecular complexity index is 676. The summed E-state index contributed by atoms with van der Waals surface area (Å²) >= 11 is 0. The first-order valence-corrected chi connectivity index (χ1v) is 6.52. The fourth-order valence-corrected chi connectivity index (χ4v) is 2.32. The average Bonchev–Trinajstić information content (AvgIpc) is 2.48. The molecule has 0 radical (unpaired) electrons. The van der Waals surface area contributed by atoms with Crippen molar-refractivity contribution >= 4 is 12.3 Å². The van der Waals surface area contributed by atoms with E-state index in [-0.39, 0.29) is 11.8 Å². The second kappa shape index (κ2) is 5.31. The number of benzene rings is 2. The van der Waals surface area contributed by atoms with Crippen LogP contribution in [0.3, 0.4) is 0 Å². The fourth-order valence-electron chi connectivity index (χ4n) is 2.32. The number of phenolic OH excluding ortho intramolecular Hbond substituents is 1. The van der Waals surface area contributed by atoms with Crippen LogP contribution in [0.5, 0.6) is 5.75 Å². The first-order valence-electron chi connectivity index (χ1n) is 6.52. The molecule has 3 nitrogen and oxygen atoms in total. The molecule has 2 N–H and O–H groups in total. The van der Waals surface area contributed by atoms with Gasteiger partial charge in [0.05, 0.1) is 6.04 Å². The number of hydrogen-bond acceptors (Lipinski definition) is 3. The van der Waals surface area contributed by atoms with E-state index < -0.39 is 6.10 Å². The molecular formula is C17H15NO2. The van der Waals surface area contributed by atoms with Crippen molar-refractivity contribution in [3.8, 4) is 5.75 Å². The number of rotatable bonds is 2. The molecule has 100 valence electrons. The Morgan fingerprint density at radius 3 is 2.60 bits per heavy atom. The Morgan fingerprint density at radius 2 is 1.75 bits per heavy atom. The first kappa shape index (κ1) is 12.6. The molecule has 0 heterocycles. The minimum atomic E-state index is -0.654. The van der Waals surface area contributed by atoms with Crippen LogP contribution in [-0.2, 0) is 0 Å². The molecule has 3 heteroatoms. The smallest absolute Gasteiger partial charge is 0.124 e. The van der Waals surface area contributed by atoms with Crippen LogP contribution in [0.25, 0.3) is 6.08 Å². The summed E-state index contributed by atoms with van der Waals surface area (Å²) in [6.07, 6.45) is 4.79. The number of phenols is 1. The molecule has 3 rings (SSSR count). The van der Waals surface area contributed by atoms with Gasteiger partial charge in [-0.25, -0.2) is 0 Å².